The first-order chi connectivity index (χ1) is 12.6. The Hall–Kier alpha value is -2.25. The molecule has 9 heteroatoms. The van der Waals surface area contributed by atoms with E-state index in [2.05, 4.69) is 15.3 Å². The van der Waals surface area contributed by atoms with Crippen LogP contribution in [0, 0.1) is 0 Å². The van der Waals surface area contributed by atoms with Crippen molar-refractivity contribution >= 4 is 46.7 Å². The van der Waals surface area contributed by atoms with Gasteiger partial charge in [-0.25, -0.2) is 9.78 Å². The van der Waals surface area contributed by atoms with E-state index >= 15 is 0 Å². The standard InChI is InChI=1S/C17H19Cl2N5O2/c1-2-26-17(25)24-10-8-23(9-11-24)16-20-7-6-14(22-16)21-15-12(18)4-3-5-13(15)19/h3-7H,2,8-11H2,1H3,(H,20,21,22). The van der Waals surface area contributed by atoms with Crippen molar-refractivity contribution in [3.63, 3.8) is 0 Å². The molecule has 1 aromatic carbocycles. The van der Waals surface area contributed by atoms with Gasteiger partial charge in [0.15, 0.2) is 0 Å². The Labute approximate surface area is 161 Å². The molecular formula is C17H19Cl2N5O2. The molecule has 0 bridgehead atoms. The summed E-state index contributed by atoms with van der Waals surface area (Å²) in [4.78, 5) is 24.4. The normalized spacial score (nSPS) is 14.3. The highest BCUT2D eigenvalue weighted by molar-refractivity contribution is 6.39. The van der Waals surface area contributed by atoms with Crippen molar-refractivity contribution in [3.8, 4) is 0 Å². The van der Waals surface area contributed by atoms with E-state index in [1.165, 1.54) is 0 Å². The fourth-order valence-corrected chi connectivity index (χ4v) is 3.11. The number of nitrogens with one attached hydrogen (secondary N) is 1. The molecule has 1 aliphatic heterocycles. The number of amides is 1. The van der Waals surface area contributed by atoms with Crippen LogP contribution in [-0.4, -0.2) is 53.7 Å². The zero-order valence-corrected chi connectivity index (χ0v) is 15.8. The molecule has 1 saturated heterocycles. The van der Waals surface area contributed by atoms with Gasteiger partial charge in [0.05, 0.1) is 22.3 Å². The molecule has 26 heavy (non-hydrogen) atoms. The first-order valence-electron chi connectivity index (χ1n) is 8.29. The summed E-state index contributed by atoms with van der Waals surface area (Å²) in [7, 11) is 0. The second-order valence-corrected chi connectivity index (χ2v) is 6.45. The minimum Gasteiger partial charge on any atom is -0.450 e. The molecule has 1 N–H and O–H groups in total. The monoisotopic (exact) mass is 395 g/mol. The third-order valence-electron chi connectivity index (χ3n) is 3.95. The van der Waals surface area contributed by atoms with Crippen LogP contribution in [0.1, 0.15) is 6.92 Å². The van der Waals surface area contributed by atoms with Crippen molar-refractivity contribution in [1.29, 1.82) is 0 Å². The molecule has 7 nitrogen and oxygen atoms in total. The number of aromatic nitrogens is 2. The lowest BCUT2D eigenvalue weighted by Crippen LogP contribution is -2.49. The number of piperazine rings is 1. The topological polar surface area (TPSA) is 70.6 Å². The largest absolute Gasteiger partial charge is 0.450 e. The SMILES string of the molecule is CCOC(=O)N1CCN(c2nccc(Nc3c(Cl)cccc3Cl)n2)CC1. The van der Waals surface area contributed by atoms with Gasteiger partial charge >= 0.3 is 6.09 Å². The molecule has 0 aliphatic carbocycles. The summed E-state index contributed by atoms with van der Waals surface area (Å²) in [6.07, 6.45) is 1.39. The molecule has 2 heterocycles. The van der Waals surface area contributed by atoms with Gasteiger partial charge in [-0.2, -0.15) is 4.98 Å². The van der Waals surface area contributed by atoms with Crippen molar-refractivity contribution in [2.24, 2.45) is 0 Å². The number of carbonyl (C=O) groups excluding carboxylic acids is 1. The smallest absolute Gasteiger partial charge is 0.409 e. The lowest BCUT2D eigenvalue weighted by atomic mass is 10.3. The third-order valence-corrected chi connectivity index (χ3v) is 4.58. The average Bonchev–Trinajstić information content (AvgIpc) is 2.65. The van der Waals surface area contributed by atoms with Gasteiger partial charge < -0.3 is 19.9 Å². The highest BCUT2D eigenvalue weighted by Crippen LogP contribution is 2.32. The van der Waals surface area contributed by atoms with Gasteiger partial charge in [0.25, 0.3) is 0 Å². The summed E-state index contributed by atoms with van der Waals surface area (Å²) in [5, 5.41) is 4.17. The minimum atomic E-state index is -0.281. The molecule has 138 valence electrons. The Balaban J connectivity index is 1.68. The molecule has 3 rings (SSSR count). The van der Waals surface area contributed by atoms with Gasteiger partial charge in [0.2, 0.25) is 5.95 Å². The molecule has 0 saturated carbocycles. The Morgan fingerprint density at radius 3 is 2.54 bits per heavy atom. The molecule has 1 fully saturated rings. The van der Waals surface area contributed by atoms with Crippen molar-refractivity contribution < 1.29 is 9.53 Å². The zero-order chi connectivity index (χ0) is 18.5. The van der Waals surface area contributed by atoms with E-state index in [-0.39, 0.29) is 6.09 Å². The van der Waals surface area contributed by atoms with E-state index in [1.807, 2.05) is 4.90 Å². The summed E-state index contributed by atoms with van der Waals surface area (Å²) in [5.41, 5.74) is 0.604. The number of hydrogen-bond acceptors (Lipinski definition) is 6. The molecule has 1 aromatic heterocycles. The number of carbonyl (C=O) groups is 1. The van der Waals surface area contributed by atoms with Gasteiger partial charge in [-0.15, -0.1) is 0 Å². The maximum atomic E-state index is 11.8. The van der Waals surface area contributed by atoms with Crippen LogP contribution >= 0.6 is 23.2 Å². The number of anilines is 3. The number of halogens is 2. The molecule has 1 amide bonds. The fourth-order valence-electron chi connectivity index (χ4n) is 2.62. The molecule has 0 unspecified atom stereocenters. The van der Waals surface area contributed by atoms with Gasteiger partial charge in [-0.05, 0) is 25.1 Å². The van der Waals surface area contributed by atoms with Gasteiger partial charge in [-0.3, -0.25) is 0 Å². The van der Waals surface area contributed by atoms with Crippen LogP contribution in [0.4, 0.5) is 22.2 Å². The number of ether oxygens (including phenoxy) is 1. The van der Waals surface area contributed by atoms with E-state index < -0.39 is 0 Å². The summed E-state index contributed by atoms with van der Waals surface area (Å²) < 4.78 is 5.03. The molecule has 2 aromatic rings. The van der Waals surface area contributed by atoms with Crippen LogP contribution in [0.25, 0.3) is 0 Å². The summed E-state index contributed by atoms with van der Waals surface area (Å²) in [6, 6.07) is 7.04. The first kappa shape index (κ1) is 18.5. The van der Waals surface area contributed by atoms with E-state index in [0.717, 1.165) is 0 Å². The van der Waals surface area contributed by atoms with E-state index in [4.69, 9.17) is 27.9 Å². The second-order valence-electron chi connectivity index (χ2n) is 5.64. The maximum Gasteiger partial charge on any atom is 0.409 e. The number of nitrogens with zero attached hydrogens (tertiary/aromatic N) is 4. The number of para-hydroxylation sites is 1. The summed E-state index contributed by atoms with van der Waals surface area (Å²) in [6.45, 7) is 4.57. The lowest BCUT2D eigenvalue weighted by Gasteiger charge is -2.34. The Morgan fingerprint density at radius 1 is 1.19 bits per heavy atom. The predicted molar refractivity (Wildman–Crippen MR) is 103 cm³/mol. The highest BCUT2D eigenvalue weighted by Gasteiger charge is 2.23. The van der Waals surface area contributed by atoms with Gasteiger partial charge in [-0.1, -0.05) is 29.3 Å². The van der Waals surface area contributed by atoms with E-state index in [0.29, 0.717) is 60.3 Å². The minimum absolute atomic E-state index is 0.281. The van der Waals surface area contributed by atoms with Crippen LogP contribution in [0.5, 0.6) is 0 Å². The second kappa shape index (κ2) is 8.42. The molecule has 0 radical (unpaired) electrons. The summed E-state index contributed by atoms with van der Waals surface area (Å²) in [5.74, 6) is 1.18. The van der Waals surface area contributed by atoms with Gasteiger partial charge in [0, 0.05) is 32.4 Å². The van der Waals surface area contributed by atoms with Crippen LogP contribution < -0.4 is 10.2 Å². The molecule has 0 atom stereocenters. The zero-order valence-electron chi connectivity index (χ0n) is 14.3. The fraction of sp³-hybridized carbons (Fsp3) is 0.353. The number of benzene rings is 1. The van der Waals surface area contributed by atoms with Crippen LogP contribution in [0.3, 0.4) is 0 Å². The highest BCUT2D eigenvalue weighted by atomic mass is 35.5. The number of hydrogen-bond donors (Lipinski definition) is 1. The quantitative estimate of drug-likeness (QED) is 0.848. The van der Waals surface area contributed by atoms with Gasteiger partial charge in [0.1, 0.15) is 5.82 Å². The third kappa shape index (κ3) is 4.28. The van der Waals surface area contributed by atoms with E-state index in [9.17, 15) is 4.79 Å². The molecular weight excluding hydrogens is 377 g/mol. The summed E-state index contributed by atoms with van der Waals surface area (Å²) >= 11 is 12.4. The van der Waals surface area contributed by atoms with Crippen molar-refractivity contribution in [3.05, 3.63) is 40.5 Å². The number of rotatable bonds is 4. The predicted octanol–water partition coefficient (Wildman–Crippen LogP) is 3.81. The van der Waals surface area contributed by atoms with Crippen LogP contribution in [-0.2, 0) is 4.74 Å². The Kier molecular flexibility index (Phi) is 6.00. The van der Waals surface area contributed by atoms with Crippen LogP contribution in [0.2, 0.25) is 10.0 Å². The van der Waals surface area contributed by atoms with Crippen molar-refractivity contribution in [1.82, 2.24) is 14.9 Å². The lowest BCUT2D eigenvalue weighted by molar-refractivity contribution is 0.105. The average molecular weight is 396 g/mol. The first-order valence-corrected chi connectivity index (χ1v) is 9.05. The Morgan fingerprint density at radius 2 is 1.88 bits per heavy atom. The molecule has 0 spiro atoms. The Bertz CT molecular complexity index is 761. The van der Waals surface area contributed by atoms with Crippen LogP contribution in [0.15, 0.2) is 30.5 Å². The van der Waals surface area contributed by atoms with E-state index in [1.54, 1.807) is 42.3 Å². The molecule has 1 aliphatic rings. The maximum absolute atomic E-state index is 11.8. The van der Waals surface area contributed by atoms with Crippen molar-refractivity contribution in [2.75, 3.05) is 43.0 Å². The van der Waals surface area contributed by atoms with Crippen molar-refractivity contribution in [2.45, 2.75) is 6.92 Å².